The molecule has 0 aliphatic heterocycles. The molecule has 2 heterocycles. The van der Waals surface area contributed by atoms with Gasteiger partial charge in [-0.2, -0.15) is 14.4 Å². The number of halogens is 2. The predicted molar refractivity (Wildman–Crippen MR) is 115 cm³/mol. The number of fused-ring (bicyclic) bond motifs is 1. The Morgan fingerprint density at radius 2 is 1.80 bits per heavy atom. The smallest absolute Gasteiger partial charge is 0.267 e. The molecule has 0 atom stereocenters. The van der Waals surface area contributed by atoms with Crippen molar-refractivity contribution < 1.29 is 4.39 Å². The lowest BCUT2D eigenvalue weighted by atomic mass is 10.2. The van der Waals surface area contributed by atoms with E-state index >= 15 is 0 Å². The second-order valence-electron chi connectivity index (χ2n) is 6.44. The summed E-state index contributed by atoms with van der Waals surface area (Å²) >= 11 is 6.26. The van der Waals surface area contributed by atoms with Gasteiger partial charge < -0.3 is 16.8 Å². The van der Waals surface area contributed by atoms with Crippen LogP contribution in [-0.4, -0.2) is 26.1 Å². The van der Waals surface area contributed by atoms with Gasteiger partial charge in [0.2, 0.25) is 11.8 Å². The highest BCUT2D eigenvalue weighted by Crippen LogP contribution is 2.21. The molecule has 4 aromatic rings. The van der Waals surface area contributed by atoms with E-state index in [-0.39, 0.29) is 36.1 Å². The maximum atomic E-state index is 14.1. The maximum absolute atomic E-state index is 14.1. The Hall–Kier alpha value is -3.72. The van der Waals surface area contributed by atoms with Crippen molar-refractivity contribution in [2.45, 2.75) is 6.42 Å². The van der Waals surface area contributed by atoms with Crippen molar-refractivity contribution in [3.63, 3.8) is 0 Å². The topological polar surface area (TPSA) is 125 Å². The molecule has 5 N–H and O–H groups in total. The Bertz CT molecular complexity index is 1290. The Kier molecular flexibility index (Phi) is 5.20. The molecule has 8 nitrogen and oxygen atoms in total. The molecule has 0 saturated heterocycles. The van der Waals surface area contributed by atoms with Crippen LogP contribution in [0.1, 0.15) is 5.82 Å². The second kappa shape index (κ2) is 7.96. The third-order valence-electron chi connectivity index (χ3n) is 4.47. The van der Waals surface area contributed by atoms with Gasteiger partial charge in [-0.1, -0.05) is 35.9 Å². The third-order valence-corrected chi connectivity index (χ3v) is 4.78. The summed E-state index contributed by atoms with van der Waals surface area (Å²) in [4.78, 5) is 25.3. The highest BCUT2D eigenvalue weighted by atomic mass is 35.5. The van der Waals surface area contributed by atoms with Crippen LogP contribution < -0.4 is 22.3 Å². The maximum Gasteiger partial charge on any atom is 0.267 e. The van der Waals surface area contributed by atoms with Gasteiger partial charge in [0.1, 0.15) is 5.82 Å². The fraction of sp³-hybridized carbons (Fsp3) is 0.100. The van der Waals surface area contributed by atoms with E-state index in [1.165, 1.54) is 4.57 Å². The summed E-state index contributed by atoms with van der Waals surface area (Å²) in [6.45, 7) is 0.220. The van der Waals surface area contributed by atoms with Crippen LogP contribution >= 0.6 is 11.6 Å². The molecule has 10 heteroatoms. The Balaban J connectivity index is 1.74. The number of aromatic nitrogens is 4. The van der Waals surface area contributed by atoms with Crippen molar-refractivity contribution in [3.8, 4) is 5.69 Å². The zero-order chi connectivity index (χ0) is 21.3. The number of benzene rings is 2. The first-order chi connectivity index (χ1) is 14.5. The molecule has 0 saturated carbocycles. The molecule has 4 rings (SSSR count). The molecule has 0 aliphatic rings. The summed E-state index contributed by atoms with van der Waals surface area (Å²) in [7, 11) is 0. The van der Waals surface area contributed by atoms with Gasteiger partial charge in [-0.05, 0) is 24.3 Å². The molecule has 0 fully saturated rings. The number of para-hydroxylation sites is 1. The fourth-order valence-electron chi connectivity index (χ4n) is 3.14. The van der Waals surface area contributed by atoms with E-state index in [9.17, 15) is 9.18 Å². The van der Waals surface area contributed by atoms with Crippen molar-refractivity contribution in [2.75, 3.05) is 23.3 Å². The van der Waals surface area contributed by atoms with Crippen molar-refractivity contribution in [1.82, 2.24) is 19.5 Å². The SMILES string of the molecule is Nc1nc(N)c(F)c(NCCc2nc3cccc(Cl)c3c(=O)n2-c2ccccc2)n1. The molecule has 152 valence electrons. The number of nitrogens with zero attached hydrogens (tertiary/aromatic N) is 4. The van der Waals surface area contributed by atoms with Crippen LogP contribution in [-0.2, 0) is 6.42 Å². The summed E-state index contributed by atoms with van der Waals surface area (Å²) in [5.41, 5.74) is 11.9. The quantitative estimate of drug-likeness (QED) is 0.449. The molecular formula is C20H17ClFN7O. The Morgan fingerprint density at radius 3 is 2.57 bits per heavy atom. The summed E-state index contributed by atoms with van der Waals surface area (Å²) in [5, 5.41) is 3.50. The van der Waals surface area contributed by atoms with Gasteiger partial charge in [0.25, 0.3) is 5.56 Å². The van der Waals surface area contributed by atoms with Crippen LogP contribution in [0.3, 0.4) is 0 Å². The van der Waals surface area contributed by atoms with E-state index in [0.29, 0.717) is 27.4 Å². The lowest BCUT2D eigenvalue weighted by molar-refractivity contribution is 0.623. The largest absolute Gasteiger partial charge is 0.381 e. The highest BCUT2D eigenvalue weighted by molar-refractivity contribution is 6.35. The van der Waals surface area contributed by atoms with Gasteiger partial charge in [-0.25, -0.2) is 4.98 Å². The average Bonchev–Trinajstić information content (AvgIpc) is 2.72. The van der Waals surface area contributed by atoms with Crippen LogP contribution in [0.15, 0.2) is 53.3 Å². The lowest BCUT2D eigenvalue weighted by Gasteiger charge is -2.15. The first kappa shape index (κ1) is 19.6. The zero-order valence-electron chi connectivity index (χ0n) is 15.6. The number of nitrogen functional groups attached to an aromatic ring is 2. The first-order valence-electron chi connectivity index (χ1n) is 9.03. The highest BCUT2D eigenvalue weighted by Gasteiger charge is 2.16. The normalized spacial score (nSPS) is 11.0. The summed E-state index contributed by atoms with van der Waals surface area (Å²) in [6, 6.07) is 14.2. The molecule has 2 aromatic heterocycles. The second-order valence-corrected chi connectivity index (χ2v) is 6.85. The Morgan fingerprint density at radius 1 is 1.03 bits per heavy atom. The number of anilines is 3. The van der Waals surface area contributed by atoms with Gasteiger partial charge in [-0.15, -0.1) is 0 Å². The molecule has 0 aliphatic carbocycles. The van der Waals surface area contributed by atoms with Gasteiger partial charge >= 0.3 is 0 Å². The summed E-state index contributed by atoms with van der Waals surface area (Å²) < 4.78 is 15.6. The minimum atomic E-state index is -0.789. The zero-order valence-corrected chi connectivity index (χ0v) is 16.4. The first-order valence-corrected chi connectivity index (χ1v) is 9.41. The molecule has 0 spiro atoms. The predicted octanol–water partition coefficient (Wildman–Crippen LogP) is 2.79. The molecular weight excluding hydrogens is 409 g/mol. The number of rotatable bonds is 5. The van der Waals surface area contributed by atoms with E-state index in [0.717, 1.165) is 0 Å². The van der Waals surface area contributed by atoms with E-state index in [2.05, 4.69) is 20.3 Å². The van der Waals surface area contributed by atoms with Crippen molar-refractivity contribution in [3.05, 3.63) is 75.5 Å². The third kappa shape index (κ3) is 3.62. The van der Waals surface area contributed by atoms with E-state index in [1.807, 2.05) is 18.2 Å². The number of nitrogens with two attached hydrogens (primary N) is 2. The number of nitrogens with one attached hydrogen (secondary N) is 1. The van der Waals surface area contributed by atoms with Gasteiger partial charge in [0.05, 0.1) is 21.6 Å². The minimum Gasteiger partial charge on any atom is -0.381 e. The van der Waals surface area contributed by atoms with E-state index in [4.69, 9.17) is 23.1 Å². The van der Waals surface area contributed by atoms with Gasteiger partial charge in [0.15, 0.2) is 11.6 Å². The minimum absolute atomic E-state index is 0.113. The molecule has 0 unspecified atom stereocenters. The summed E-state index contributed by atoms with van der Waals surface area (Å²) in [5.74, 6) is -0.912. The van der Waals surface area contributed by atoms with Crippen LogP contribution in [0.4, 0.5) is 22.0 Å². The average molecular weight is 426 g/mol. The molecule has 0 bridgehead atoms. The van der Waals surface area contributed by atoms with Gasteiger partial charge in [0, 0.05) is 13.0 Å². The monoisotopic (exact) mass is 425 g/mol. The van der Waals surface area contributed by atoms with Crippen LogP contribution in [0.2, 0.25) is 5.02 Å². The number of hydrogen-bond acceptors (Lipinski definition) is 7. The van der Waals surface area contributed by atoms with Crippen LogP contribution in [0, 0.1) is 5.82 Å². The van der Waals surface area contributed by atoms with E-state index in [1.54, 1.807) is 30.3 Å². The van der Waals surface area contributed by atoms with Crippen LogP contribution in [0.25, 0.3) is 16.6 Å². The van der Waals surface area contributed by atoms with E-state index < -0.39 is 5.82 Å². The fourth-order valence-corrected chi connectivity index (χ4v) is 3.39. The molecule has 30 heavy (non-hydrogen) atoms. The lowest BCUT2D eigenvalue weighted by Crippen LogP contribution is -2.25. The van der Waals surface area contributed by atoms with Crippen LogP contribution in [0.5, 0.6) is 0 Å². The standard InChI is InChI=1S/C20H17ClFN7O/c21-12-7-4-8-13-15(12)19(30)29(11-5-2-1-3-6-11)14(26-13)9-10-25-18-16(22)17(23)27-20(24)28-18/h1-8H,9-10H2,(H5,23,24,25,27,28). The summed E-state index contributed by atoms with van der Waals surface area (Å²) in [6.07, 6.45) is 0.288. The molecule has 0 amide bonds. The van der Waals surface area contributed by atoms with Crippen molar-refractivity contribution in [2.24, 2.45) is 0 Å². The molecule has 0 radical (unpaired) electrons. The Labute approximate surface area is 175 Å². The van der Waals surface area contributed by atoms with Gasteiger partial charge in [-0.3, -0.25) is 9.36 Å². The molecule has 2 aromatic carbocycles. The van der Waals surface area contributed by atoms with Crippen molar-refractivity contribution in [1.29, 1.82) is 0 Å². The van der Waals surface area contributed by atoms with Crippen molar-refractivity contribution >= 4 is 40.1 Å². The number of hydrogen-bond donors (Lipinski definition) is 3.